The van der Waals surface area contributed by atoms with Gasteiger partial charge in [0.25, 0.3) is 0 Å². The van der Waals surface area contributed by atoms with Gasteiger partial charge in [-0.2, -0.15) is 9.97 Å². The summed E-state index contributed by atoms with van der Waals surface area (Å²) in [5, 5.41) is 14.8. The fraction of sp³-hybridized carbons (Fsp3) is 0.500. The number of fused-ring (bicyclic) bond motifs is 7. The molecule has 5 aliphatic heterocycles. The zero-order valence-corrected chi connectivity index (χ0v) is 26.5. The quantitative estimate of drug-likeness (QED) is 0.275. The number of anilines is 1. The number of aromatic hydroxyl groups is 1. The van der Waals surface area contributed by atoms with Gasteiger partial charge in [-0.05, 0) is 80.8 Å². The Labute approximate surface area is 271 Å². The second kappa shape index (κ2) is 10.9. The topological polar surface area (TPSA) is 77.0 Å². The first-order valence-electron chi connectivity index (χ1n) is 16.9. The van der Waals surface area contributed by atoms with E-state index < -0.39 is 17.5 Å². The van der Waals surface area contributed by atoms with Crippen molar-refractivity contribution in [2.24, 2.45) is 5.41 Å². The third kappa shape index (κ3) is 5.09. The molecule has 246 valence electrons. The van der Waals surface area contributed by atoms with Crippen LogP contribution in [0.15, 0.2) is 36.4 Å². The normalized spacial score (nSPS) is 26.9. The number of hydrogen-bond donors (Lipinski definition) is 2. The lowest BCUT2D eigenvalue weighted by Gasteiger charge is -2.51. The minimum absolute atomic E-state index is 0.0164. The Morgan fingerprint density at radius 1 is 0.894 bits per heavy atom. The Hall–Kier alpha value is -3.67. The largest absolute Gasteiger partial charge is 0.508 e. The van der Waals surface area contributed by atoms with Gasteiger partial charge < -0.3 is 25.0 Å². The van der Waals surface area contributed by atoms with Crippen LogP contribution in [-0.4, -0.2) is 95.4 Å². The van der Waals surface area contributed by atoms with Gasteiger partial charge in [-0.3, -0.25) is 4.90 Å². The van der Waals surface area contributed by atoms with Crippen molar-refractivity contribution in [3.8, 4) is 22.9 Å². The number of likely N-dealkylation sites (N-methyl/N-ethyl adjacent to an activating group) is 1. The van der Waals surface area contributed by atoms with Crippen molar-refractivity contribution < 1.29 is 23.0 Å². The van der Waals surface area contributed by atoms with Crippen LogP contribution in [0.2, 0.25) is 0 Å². The van der Waals surface area contributed by atoms with Crippen LogP contribution in [0.3, 0.4) is 0 Å². The van der Waals surface area contributed by atoms with E-state index in [1.54, 1.807) is 12.1 Å². The predicted molar refractivity (Wildman–Crippen MR) is 174 cm³/mol. The van der Waals surface area contributed by atoms with Gasteiger partial charge in [-0.1, -0.05) is 12.1 Å². The number of piperidine rings is 2. The molecule has 4 unspecified atom stereocenters. The first-order chi connectivity index (χ1) is 22.7. The van der Waals surface area contributed by atoms with Crippen molar-refractivity contribution in [3.63, 3.8) is 0 Å². The zero-order valence-electron chi connectivity index (χ0n) is 26.5. The van der Waals surface area contributed by atoms with Crippen LogP contribution in [0.5, 0.6) is 11.8 Å². The summed E-state index contributed by atoms with van der Waals surface area (Å²) in [7, 11) is 2.23. The first-order valence-corrected chi connectivity index (χ1v) is 16.9. The van der Waals surface area contributed by atoms with Crippen molar-refractivity contribution in [1.82, 2.24) is 25.1 Å². The van der Waals surface area contributed by atoms with Crippen LogP contribution in [0.4, 0.5) is 19.0 Å². The van der Waals surface area contributed by atoms with E-state index >= 15 is 8.78 Å². The molecule has 4 bridgehead atoms. The highest BCUT2D eigenvalue weighted by Crippen LogP contribution is 2.48. The summed E-state index contributed by atoms with van der Waals surface area (Å²) in [5.74, 6) is -2.39. The maximum absolute atomic E-state index is 16.8. The van der Waals surface area contributed by atoms with E-state index in [0.717, 1.165) is 64.5 Å². The molecule has 1 aliphatic carbocycles. The molecule has 4 atom stereocenters. The van der Waals surface area contributed by atoms with Crippen molar-refractivity contribution in [2.75, 3.05) is 51.3 Å². The summed E-state index contributed by atoms with van der Waals surface area (Å²) < 4.78 is 52.7. The van der Waals surface area contributed by atoms with Gasteiger partial charge >= 0.3 is 6.01 Å². The smallest absolute Gasteiger partial charge is 0.319 e. The lowest BCUT2D eigenvalue weighted by Crippen LogP contribution is -2.62. The van der Waals surface area contributed by atoms with Crippen LogP contribution in [0, 0.1) is 22.9 Å². The summed E-state index contributed by atoms with van der Waals surface area (Å²) in [6.07, 6.45) is 6.80. The van der Waals surface area contributed by atoms with Crippen molar-refractivity contribution in [1.29, 1.82) is 0 Å². The molecule has 6 heterocycles. The molecule has 5 saturated heterocycles. The number of ether oxygens (including phenoxy) is 1. The van der Waals surface area contributed by atoms with Gasteiger partial charge in [0.1, 0.15) is 17.1 Å². The minimum Gasteiger partial charge on any atom is -0.508 e. The molecule has 0 spiro atoms. The minimum atomic E-state index is -1.09. The molecule has 10 rings (SSSR count). The molecule has 6 aliphatic rings. The monoisotopic (exact) mass is 644 g/mol. The van der Waals surface area contributed by atoms with E-state index in [2.05, 4.69) is 32.0 Å². The average Bonchev–Trinajstić information content (AvgIpc) is 3.75. The molecule has 1 aromatic heterocycles. The number of rotatable bonds is 7. The highest BCUT2D eigenvalue weighted by Gasteiger charge is 2.48. The molecule has 0 amide bonds. The lowest BCUT2D eigenvalue weighted by molar-refractivity contribution is -0.0211. The summed E-state index contributed by atoms with van der Waals surface area (Å²) in [4.78, 5) is 16.9. The van der Waals surface area contributed by atoms with Gasteiger partial charge in [-0.15, -0.1) is 0 Å². The average molecular weight is 645 g/mol. The Kier molecular flexibility index (Phi) is 6.85. The number of hydrogen-bond acceptors (Lipinski definition) is 8. The van der Waals surface area contributed by atoms with Gasteiger partial charge in [-0.25, -0.2) is 13.2 Å². The molecule has 4 aromatic rings. The van der Waals surface area contributed by atoms with E-state index in [9.17, 15) is 9.50 Å². The maximum Gasteiger partial charge on any atom is 0.319 e. The van der Waals surface area contributed by atoms with E-state index in [4.69, 9.17) is 9.72 Å². The number of nitrogens with one attached hydrogen (secondary N) is 1. The van der Waals surface area contributed by atoms with Crippen molar-refractivity contribution >= 4 is 27.5 Å². The summed E-state index contributed by atoms with van der Waals surface area (Å²) in [6.45, 7) is 5.11. The van der Waals surface area contributed by atoms with Crippen LogP contribution in [-0.2, 0) is 0 Å². The fourth-order valence-corrected chi connectivity index (χ4v) is 8.70. The molecular weight excluding hydrogens is 605 g/mol. The Morgan fingerprint density at radius 2 is 1.68 bits per heavy atom. The molecular formula is C36H39F3N6O2. The molecule has 3 aromatic carbocycles. The van der Waals surface area contributed by atoms with E-state index in [1.807, 2.05) is 0 Å². The lowest BCUT2D eigenvalue weighted by atomic mass is 9.90. The zero-order chi connectivity index (χ0) is 32.0. The molecule has 0 radical (unpaired) electrons. The standard InChI is InChI=1S/C36H39F3N6O2/c1-43-16-24-6-5-23(43)17-45(24)18-36(10-11-36)19-47-35-41-33-27(34(42-35)44-14-21-3-4-22(15-44)40-21)8-7-26(31(33)38)28-13-25(46)12-20-2-9-29(37)32(39)30(20)28/h2,7-9,12-13,21-24,40,46H,3-6,10-11,14-19H2,1H3. The Balaban J connectivity index is 1.09. The summed E-state index contributed by atoms with van der Waals surface area (Å²) >= 11 is 0. The van der Waals surface area contributed by atoms with Gasteiger partial charge in [0, 0.05) is 78.6 Å². The third-order valence-corrected chi connectivity index (χ3v) is 11.5. The van der Waals surface area contributed by atoms with Crippen LogP contribution in [0.1, 0.15) is 38.5 Å². The number of phenolic OH excluding ortho intramolecular Hbond substituents is 1. The number of piperazine rings is 2. The van der Waals surface area contributed by atoms with E-state index in [1.165, 1.54) is 31.0 Å². The van der Waals surface area contributed by atoms with Crippen molar-refractivity contribution in [3.05, 3.63) is 53.8 Å². The van der Waals surface area contributed by atoms with E-state index in [-0.39, 0.29) is 44.6 Å². The number of phenols is 1. The second-order valence-corrected chi connectivity index (χ2v) is 14.7. The van der Waals surface area contributed by atoms with Crippen molar-refractivity contribution in [2.45, 2.75) is 62.7 Å². The Bertz CT molecular complexity index is 1890. The molecule has 11 heteroatoms. The summed E-state index contributed by atoms with van der Waals surface area (Å²) in [5.41, 5.74) is 0.161. The predicted octanol–water partition coefficient (Wildman–Crippen LogP) is 5.45. The molecule has 47 heavy (non-hydrogen) atoms. The second-order valence-electron chi connectivity index (χ2n) is 14.7. The van der Waals surface area contributed by atoms with E-state index in [0.29, 0.717) is 42.0 Å². The maximum atomic E-state index is 16.8. The summed E-state index contributed by atoms with van der Waals surface area (Å²) in [6, 6.07) is 10.3. The highest BCUT2D eigenvalue weighted by molar-refractivity contribution is 6.01. The first kappa shape index (κ1) is 29.5. The van der Waals surface area contributed by atoms with Gasteiger partial charge in [0.2, 0.25) is 0 Å². The Morgan fingerprint density at radius 3 is 2.40 bits per heavy atom. The number of benzene rings is 3. The van der Waals surface area contributed by atoms with Gasteiger partial charge in [0.15, 0.2) is 17.5 Å². The SMILES string of the molecule is CN1CC2CCC1CN2CC1(COc2nc(N3CC4CCC(C3)N4)c3ccc(-c4cc(O)cc5ccc(F)c(F)c45)c(F)c3n2)CC1. The molecule has 8 nitrogen and oxygen atoms in total. The number of halogens is 3. The fourth-order valence-electron chi connectivity index (χ4n) is 8.70. The van der Waals surface area contributed by atoms with Gasteiger partial charge in [0.05, 0.1) is 6.61 Å². The molecule has 2 N–H and O–H groups in total. The van der Waals surface area contributed by atoms with Crippen LogP contribution in [0.25, 0.3) is 32.8 Å². The molecule has 6 fully saturated rings. The molecule has 1 saturated carbocycles. The number of nitrogens with zero attached hydrogens (tertiary/aromatic N) is 5. The van der Waals surface area contributed by atoms with Crippen LogP contribution >= 0.6 is 0 Å². The highest BCUT2D eigenvalue weighted by atomic mass is 19.2. The third-order valence-electron chi connectivity index (χ3n) is 11.5. The number of aromatic nitrogens is 2. The van der Waals surface area contributed by atoms with Crippen LogP contribution < -0.4 is 15.0 Å².